The van der Waals surface area contributed by atoms with E-state index in [4.69, 9.17) is 9.47 Å². The van der Waals surface area contributed by atoms with Gasteiger partial charge in [0, 0.05) is 42.8 Å². The van der Waals surface area contributed by atoms with E-state index in [2.05, 4.69) is 5.32 Å². The summed E-state index contributed by atoms with van der Waals surface area (Å²) in [4.78, 5) is 42.4. The highest BCUT2D eigenvalue weighted by atomic mass is 19.1. The molecule has 1 unspecified atom stereocenters. The van der Waals surface area contributed by atoms with Gasteiger partial charge >= 0.3 is 5.97 Å². The number of aryl methyl sites for hydroxylation is 2. The average Bonchev–Trinajstić information content (AvgIpc) is 3.76. The molecule has 11 heteroatoms. The maximum atomic E-state index is 15.0. The van der Waals surface area contributed by atoms with Gasteiger partial charge in [-0.3, -0.25) is 19.3 Å². The molecule has 3 heterocycles. The van der Waals surface area contributed by atoms with Gasteiger partial charge in [0.2, 0.25) is 24.4 Å². The lowest BCUT2D eigenvalue weighted by molar-refractivity contribution is -0.143. The predicted octanol–water partition coefficient (Wildman–Crippen LogP) is 5.43. The van der Waals surface area contributed by atoms with Crippen LogP contribution in [-0.4, -0.2) is 54.2 Å². The van der Waals surface area contributed by atoms with E-state index in [1.165, 1.54) is 18.2 Å². The van der Waals surface area contributed by atoms with Crippen LogP contribution in [0.4, 0.5) is 20.2 Å². The van der Waals surface area contributed by atoms with E-state index in [1.807, 2.05) is 13.8 Å². The van der Waals surface area contributed by atoms with Crippen molar-refractivity contribution >= 4 is 29.2 Å². The Morgan fingerprint density at radius 2 is 1.71 bits per heavy atom. The lowest BCUT2D eigenvalue weighted by atomic mass is 9.82. The first-order chi connectivity index (χ1) is 21.7. The van der Waals surface area contributed by atoms with Gasteiger partial charge in [-0.2, -0.15) is 0 Å². The number of carbonyl (C=O) groups is 3. The maximum Gasteiger partial charge on any atom is 0.309 e. The lowest BCUT2D eigenvalue weighted by Crippen LogP contribution is -2.35. The molecule has 45 heavy (non-hydrogen) atoms. The second-order valence-electron chi connectivity index (χ2n) is 11.7. The number of carboxylic acid groups (broad SMARTS) is 1. The van der Waals surface area contributed by atoms with Crippen molar-refractivity contribution in [3.05, 3.63) is 82.4 Å². The zero-order chi connectivity index (χ0) is 31.8. The lowest BCUT2D eigenvalue weighted by Gasteiger charge is -2.28. The summed E-state index contributed by atoms with van der Waals surface area (Å²) in [7, 11) is 0. The third kappa shape index (κ3) is 5.84. The molecule has 0 spiro atoms. The largest absolute Gasteiger partial charge is 0.481 e. The summed E-state index contributed by atoms with van der Waals surface area (Å²) in [5.41, 5.74) is 3.70. The number of carbonyl (C=O) groups excluding carboxylic acids is 2. The maximum absolute atomic E-state index is 15.0. The van der Waals surface area contributed by atoms with Crippen LogP contribution in [0, 0.1) is 17.6 Å². The van der Waals surface area contributed by atoms with Crippen LogP contribution in [0.25, 0.3) is 0 Å². The van der Waals surface area contributed by atoms with Crippen molar-refractivity contribution in [2.45, 2.75) is 51.5 Å². The monoisotopic (exact) mass is 619 g/mol. The van der Waals surface area contributed by atoms with Crippen molar-refractivity contribution in [1.29, 1.82) is 0 Å². The fourth-order valence-electron chi connectivity index (χ4n) is 6.91. The molecule has 9 nitrogen and oxygen atoms in total. The van der Waals surface area contributed by atoms with Gasteiger partial charge in [0.15, 0.2) is 11.6 Å². The summed E-state index contributed by atoms with van der Waals surface area (Å²) in [6, 6.07) is 12.1. The number of nitrogens with one attached hydrogen (secondary N) is 1. The Morgan fingerprint density at radius 3 is 2.33 bits per heavy atom. The molecule has 236 valence electrons. The molecule has 0 aliphatic carbocycles. The van der Waals surface area contributed by atoms with E-state index in [9.17, 15) is 23.9 Å². The van der Waals surface area contributed by atoms with Crippen LogP contribution in [0.1, 0.15) is 60.9 Å². The third-order valence-electron chi connectivity index (χ3n) is 9.02. The number of rotatable bonds is 9. The number of carboxylic acids is 1. The fraction of sp³-hybridized carbons (Fsp3) is 0.382. The molecule has 0 radical (unpaired) electrons. The molecular weight excluding hydrogens is 584 g/mol. The minimum atomic E-state index is -1.09. The second kappa shape index (κ2) is 12.5. The van der Waals surface area contributed by atoms with E-state index < -0.39 is 29.7 Å². The summed E-state index contributed by atoms with van der Waals surface area (Å²) in [6.07, 6.45) is 2.28. The smallest absolute Gasteiger partial charge is 0.309 e. The Bertz CT molecular complexity index is 1620. The van der Waals surface area contributed by atoms with Gasteiger partial charge in [-0.1, -0.05) is 26.0 Å². The van der Waals surface area contributed by atoms with E-state index in [1.54, 1.807) is 40.1 Å². The highest BCUT2D eigenvalue weighted by molar-refractivity contribution is 5.95. The molecule has 0 bridgehead atoms. The highest BCUT2D eigenvalue weighted by Crippen LogP contribution is 2.48. The van der Waals surface area contributed by atoms with Crippen LogP contribution in [-0.2, 0) is 27.2 Å². The van der Waals surface area contributed by atoms with Crippen LogP contribution < -0.4 is 19.7 Å². The first kappa shape index (κ1) is 30.5. The topological polar surface area (TPSA) is 108 Å². The van der Waals surface area contributed by atoms with Crippen LogP contribution in [0.2, 0.25) is 0 Å². The minimum Gasteiger partial charge on any atom is -0.481 e. The summed E-state index contributed by atoms with van der Waals surface area (Å²) < 4.78 is 39.9. The molecule has 3 aliphatic heterocycles. The van der Waals surface area contributed by atoms with Crippen LogP contribution >= 0.6 is 0 Å². The van der Waals surface area contributed by atoms with Crippen molar-refractivity contribution in [2.24, 2.45) is 5.92 Å². The number of hydrogen-bond donors (Lipinski definition) is 2. The molecule has 2 saturated heterocycles. The number of aliphatic carboxylic acids is 1. The Kier molecular flexibility index (Phi) is 8.46. The van der Waals surface area contributed by atoms with Crippen LogP contribution in [0.5, 0.6) is 11.5 Å². The Balaban J connectivity index is 1.35. The number of anilines is 2. The van der Waals surface area contributed by atoms with Gasteiger partial charge in [0.1, 0.15) is 5.82 Å². The normalized spacial score (nSPS) is 21.0. The number of hydrogen-bond acceptors (Lipinski definition) is 6. The third-order valence-corrected chi connectivity index (χ3v) is 9.02. The second-order valence-corrected chi connectivity index (χ2v) is 11.7. The van der Waals surface area contributed by atoms with Gasteiger partial charge in [0.05, 0.1) is 12.5 Å². The summed E-state index contributed by atoms with van der Waals surface area (Å²) >= 11 is 0. The zero-order valence-electron chi connectivity index (χ0n) is 25.1. The molecule has 0 saturated carbocycles. The van der Waals surface area contributed by atoms with Crippen molar-refractivity contribution < 1.29 is 37.7 Å². The number of ether oxygens (including phenoxy) is 2. The summed E-state index contributed by atoms with van der Waals surface area (Å²) in [6.45, 7) is 4.23. The van der Waals surface area contributed by atoms with Crippen molar-refractivity contribution in [3.63, 3.8) is 0 Å². The van der Waals surface area contributed by atoms with Crippen molar-refractivity contribution in [2.75, 3.05) is 36.6 Å². The Hall–Kier alpha value is -4.51. The molecule has 0 aromatic heterocycles. The Morgan fingerprint density at radius 1 is 1.00 bits per heavy atom. The minimum absolute atomic E-state index is 0.0128. The highest BCUT2D eigenvalue weighted by Gasteiger charge is 2.48. The van der Waals surface area contributed by atoms with Gasteiger partial charge in [-0.25, -0.2) is 8.78 Å². The zero-order valence-corrected chi connectivity index (χ0v) is 25.1. The SMILES string of the molecule is CCc1cc(F)cc(CC)c1NC(=O)CN1C[C@H](c2cc(F)c3c(c2)OCO3)C(C(=O)O)[C@@H]1c1ccc(N2CCCC2=O)cc1. The number of amides is 2. The number of nitrogens with zero attached hydrogens (tertiary/aromatic N) is 2. The van der Waals surface area contributed by atoms with Crippen molar-refractivity contribution in [3.8, 4) is 11.5 Å². The first-order valence-electron chi connectivity index (χ1n) is 15.3. The molecule has 2 N–H and O–H groups in total. The first-order valence-corrected chi connectivity index (χ1v) is 15.3. The standard InChI is InChI=1S/C34H35F2N3O6/c1-3-19-12-23(35)13-20(4-2)31(19)37-28(40)17-38-16-25(22-14-26(36)33-27(15-22)44-18-45-33)30(34(42)43)32(38)21-7-9-24(10-8-21)39-11-5-6-29(39)41/h7-10,12-15,25,30,32H,3-6,11,16-18H2,1-2H3,(H,37,40)(H,42,43)/t25-,30?,32+/m1/s1. The molecule has 3 aromatic rings. The van der Waals surface area contributed by atoms with E-state index in [-0.39, 0.29) is 49.0 Å². The van der Waals surface area contributed by atoms with Gasteiger partial charge < -0.3 is 24.8 Å². The van der Waals surface area contributed by atoms with Gasteiger partial charge in [-0.15, -0.1) is 0 Å². The molecule has 3 atom stereocenters. The van der Waals surface area contributed by atoms with Gasteiger partial charge in [-0.05, 0) is 77.9 Å². The number of likely N-dealkylation sites (tertiary alicyclic amines) is 1. The molecule has 2 amide bonds. The molecule has 2 fully saturated rings. The molecule has 6 rings (SSSR count). The quantitative estimate of drug-likeness (QED) is 0.329. The molecule has 3 aromatic carbocycles. The number of benzene rings is 3. The van der Waals surface area contributed by atoms with Crippen molar-refractivity contribution in [1.82, 2.24) is 4.90 Å². The summed E-state index contributed by atoms with van der Waals surface area (Å²) in [5, 5.41) is 13.6. The van der Waals surface area contributed by atoms with Crippen LogP contribution in [0.3, 0.4) is 0 Å². The van der Waals surface area contributed by atoms with E-state index in [0.29, 0.717) is 53.7 Å². The van der Waals surface area contributed by atoms with Crippen LogP contribution in [0.15, 0.2) is 48.5 Å². The molecular formula is C34H35F2N3O6. The molecule has 3 aliphatic rings. The fourth-order valence-corrected chi connectivity index (χ4v) is 6.91. The average molecular weight is 620 g/mol. The Labute approximate surface area is 259 Å². The predicted molar refractivity (Wildman–Crippen MR) is 163 cm³/mol. The van der Waals surface area contributed by atoms with E-state index >= 15 is 4.39 Å². The number of fused-ring (bicyclic) bond motifs is 1. The van der Waals surface area contributed by atoms with E-state index in [0.717, 1.165) is 12.1 Å². The summed E-state index contributed by atoms with van der Waals surface area (Å²) in [5.74, 6) is -3.99. The number of halogens is 2. The van der Waals surface area contributed by atoms with Gasteiger partial charge in [0.25, 0.3) is 0 Å².